The van der Waals surface area contributed by atoms with Crippen LogP contribution in [0.2, 0.25) is 0 Å². The molecule has 82 heavy (non-hydrogen) atoms. The van der Waals surface area contributed by atoms with E-state index in [4.69, 9.17) is 29.2 Å². The second-order valence-electron chi connectivity index (χ2n) is 24.2. The monoisotopic (exact) mass is 1280 g/mol. The van der Waals surface area contributed by atoms with Gasteiger partial charge in [-0.3, -0.25) is 28.8 Å². The van der Waals surface area contributed by atoms with E-state index in [2.05, 4.69) is 65.5 Å². The molecule has 12 fully saturated rings. The maximum Gasteiger partial charge on any atom is 0.170 e. The lowest BCUT2D eigenvalue weighted by Gasteiger charge is -2.43. The Morgan fingerprint density at radius 2 is 0.671 bits per heavy atom. The maximum atomic E-state index is 10.7. The van der Waals surface area contributed by atoms with E-state index in [-0.39, 0.29) is 23.8 Å². The van der Waals surface area contributed by atoms with Crippen molar-refractivity contribution in [2.75, 3.05) is 166 Å². The van der Waals surface area contributed by atoms with Gasteiger partial charge in [0.2, 0.25) is 0 Å². The number of hydrogen-bond donors (Lipinski definition) is 5. The third-order valence-electron chi connectivity index (χ3n) is 16.5. The predicted molar refractivity (Wildman–Crippen MR) is 316 cm³/mol. The molecule has 0 bridgehead atoms. The SMILES string of the molecule is C1CC2(CCN1)OCCO2.C1CCC2(CC1)OCCO2.CN1CCC(=O)CC1.CN1CCC(=O)CC1.CN1CCC(=O)CC1.CN1CCC(=O)CC1.C[N+]1([I-])CCC(=O)CC1.O=C1CCNCC1.OC1CCCCC1.OC1CCNCC1. The number of ether oxygens (including phenoxy) is 4. The molecular weight excluding hydrogens is 1160 g/mol. The minimum absolute atomic E-state index is 0.0266. The van der Waals surface area contributed by atoms with Crippen LogP contribution in [0.15, 0.2) is 0 Å². The van der Waals surface area contributed by atoms with Crippen molar-refractivity contribution in [3.05, 3.63) is 0 Å². The van der Waals surface area contributed by atoms with Crippen molar-refractivity contribution >= 4 is 34.7 Å². The molecule has 2 saturated carbocycles. The summed E-state index contributed by atoms with van der Waals surface area (Å²) in [7, 11) is 10.4. The molecule has 2 spiro atoms. The summed E-state index contributed by atoms with van der Waals surface area (Å²) in [4.78, 5) is 72.2. The molecular formula is C61H114IN8O12. The van der Waals surface area contributed by atoms with E-state index < -0.39 is 0 Å². The quantitative estimate of drug-likeness (QED) is 0.170. The summed E-state index contributed by atoms with van der Waals surface area (Å²) in [6, 6.07) is 0. The summed E-state index contributed by atoms with van der Waals surface area (Å²) in [5, 5.41) is 27.3. The zero-order chi connectivity index (χ0) is 59.9. The first kappa shape index (κ1) is 74.4. The summed E-state index contributed by atoms with van der Waals surface area (Å²) in [5.41, 5.74) is 0. The minimum atomic E-state index is -0.189. The van der Waals surface area contributed by atoms with Crippen LogP contribution in [-0.2, 0) is 47.7 Å². The van der Waals surface area contributed by atoms with Crippen LogP contribution in [0.5, 0.6) is 0 Å². The van der Waals surface area contributed by atoms with E-state index >= 15 is 0 Å². The van der Waals surface area contributed by atoms with Crippen LogP contribution in [0.1, 0.15) is 167 Å². The second kappa shape index (κ2) is 43.8. The third-order valence-corrected chi connectivity index (χ3v) is 17.5. The van der Waals surface area contributed by atoms with Gasteiger partial charge in [-0.05, 0) is 79.8 Å². The van der Waals surface area contributed by atoms with Gasteiger partial charge in [-0.1, -0.05) is 25.7 Å². The summed E-state index contributed by atoms with van der Waals surface area (Å²) in [5.74, 6) is 2.20. The van der Waals surface area contributed by atoms with E-state index in [0.29, 0.717) is 34.7 Å². The lowest BCUT2D eigenvalue weighted by Crippen LogP contribution is -3.46. The summed E-state index contributed by atoms with van der Waals surface area (Å²) in [6.07, 6.45) is 25.0. The van der Waals surface area contributed by atoms with Crippen LogP contribution in [0, 0.1) is 0 Å². The van der Waals surface area contributed by atoms with E-state index in [1.165, 1.54) is 38.5 Å². The molecule has 2 aliphatic carbocycles. The Bertz CT molecular complexity index is 1550. The third kappa shape index (κ3) is 37.0. The predicted octanol–water partition coefficient (Wildman–Crippen LogP) is 1.18. The van der Waals surface area contributed by atoms with Gasteiger partial charge in [0.05, 0.1) is 64.6 Å². The topological polar surface area (TPSA) is 229 Å². The van der Waals surface area contributed by atoms with Crippen LogP contribution in [0.4, 0.5) is 0 Å². The average molecular weight is 1280 g/mol. The molecule has 12 rings (SSSR count). The van der Waals surface area contributed by atoms with Crippen molar-refractivity contribution in [1.82, 2.24) is 35.6 Å². The minimum Gasteiger partial charge on any atom is -0.473 e. The van der Waals surface area contributed by atoms with Crippen molar-refractivity contribution < 1.29 is 83.5 Å². The van der Waals surface area contributed by atoms with Crippen LogP contribution in [0.25, 0.3) is 0 Å². The lowest BCUT2D eigenvalue weighted by atomic mass is 9.94. The first-order chi connectivity index (χ1) is 39.3. The molecule has 20 nitrogen and oxygen atoms in total. The molecule has 0 atom stereocenters. The summed E-state index contributed by atoms with van der Waals surface area (Å²) < 4.78 is 23.1. The number of ketones is 6. The Kier molecular flexibility index (Phi) is 39.7. The summed E-state index contributed by atoms with van der Waals surface area (Å²) in [6.45, 7) is 18.7. The highest BCUT2D eigenvalue weighted by molar-refractivity contribution is 5.81. The first-order valence-corrected chi connectivity index (χ1v) is 32.7. The van der Waals surface area contributed by atoms with E-state index in [0.717, 1.165) is 262 Å². The number of nitrogens with one attached hydrogen (secondary N) is 3. The molecule has 21 heteroatoms. The van der Waals surface area contributed by atoms with Crippen molar-refractivity contribution in [2.45, 2.75) is 191 Å². The zero-order valence-corrected chi connectivity index (χ0v) is 53.9. The van der Waals surface area contributed by atoms with E-state index in [9.17, 15) is 28.8 Å². The fourth-order valence-electron chi connectivity index (χ4n) is 10.5. The Balaban J connectivity index is 0.000000240. The number of halogens is 1. The number of aliphatic hydroxyl groups excluding tert-OH is 2. The van der Waals surface area contributed by atoms with Gasteiger partial charge in [0.25, 0.3) is 0 Å². The molecule has 0 aromatic carbocycles. The number of carbonyl (C=O) groups excluding carboxylic acids is 6. The first-order valence-electron chi connectivity index (χ1n) is 31.7. The molecule has 5 N–H and O–H groups in total. The van der Waals surface area contributed by atoms with Gasteiger partial charge >= 0.3 is 0 Å². The van der Waals surface area contributed by atoms with Crippen LogP contribution >= 0.6 is 0 Å². The number of piperidine rings is 8. The second-order valence-corrected chi connectivity index (χ2v) is 26.5. The Morgan fingerprint density at radius 1 is 0.390 bits per heavy atom. The fourth-order valence-corrected chi connectivity index (χ4v) is 11.0. The largest absolute Gasteiger partial charge is 0.473 e. The van der Waals surface area contributed by atoms with Gasteiger partial charge in [-0.25, -0.2) is 0 Å². The zero-order valence-electron chi connectivity index (χ0n) is 51.8. The highest BCUT2D eigenvalue weighted by atomic mass is 127. The number of Topliss-reactive ketones (excluding diaryl/α,β-unsaturated/α-hetero) is 6. The smallest absolute Gasteiger partial charge is 0.170 e. The Hall–Kier alpha value is -1.81. The number of likely N-dealkylation sites (tertiary alicyclic amines) is 5. The van der Waals surface area contributed by atoms with Crippen LogP contribution in [-0.4, -0.2) is 257 Å². The normalized spacial score (nSPS) is 26.0. The molecule has 0 amide bonds. The molecule has 10 aliphatic heterocycles. The Morgan fingerprint density at radius 3 is 0.939 bits per heavy atom. The standard InChI is InChI=1S/C8H14O2.C7H13NO2.C6H11INO.4C6H11NO.C6H12O.C5H11NO.C5H9NO/c1-2-4-8(5-3-1)9-6-7-10-8;1-3-8-4-2-7(1)9-5-6-10-7;1-8(7)4-2-6(9)3-5-8;4*1-7-4-2-6(8)3-5-7;7-6-4-2-1-3-5-6;2*7-5-1-3-6-4-2-5/h1-7H2;8H,1-6H2;2-5H2,1H3;4*2-5H2,1H3;6-7H,1-5H2;5-7H,1-4H2;6H,1-4H2. The van der Waals surface area contributed by atoms with Crippen molar-refractivity contribution in [2.24, 2.45) is 0 Å². The molecule has 12 aliphatic rings. The molecule has 477 valence electrons. The molecule has 10 saturated heterocycles. The van der Waals surface area contributed by atoms with Crippen LogP contribution < -0.4 is 38.8 Å². The number of carbonyl (C=O) groups is 6. The van der Waals surface area contributed by atoms with Gasteiger partial charge in [-0.2, -0.15) is 0 Å². The molecule has 0 aromatic rings. The lowest BCUT2D eigenvalue weighted by molar-refractivity contribution is -1.29. The van der Waals surface area contributed by atoms with E-state index in [1.807, 2.05) is 28.2 Å². The highest BCUT2D eigenvalue weighted by Crippen LogP contribution is 2.35. The molecule has 10 heterocycles. The van der Waals surface area contributed by atoms with Crippen molar-refractivity contribution in [3.63, 3.8) is 0 Å². The molecule has 1 radical (unpaired) electrons. The van der Waals surface area contributed by atoms with Gasteiger partial charge in [0.15, 0.2) is 11.6 Å². The van der Waals surface area contributed by atoms with Gasteiger partial charge in [-0.15, -0.1) is 0 Å². The van der Waals surface area contributed by atoms with Crippen LogP contribution in [0.3, 0.4) is 0 Å². The number of hydrogen-bond acceptors (Lipinski definition) is 19. The number of nitrogens with zero attached hydrogens (tertiary/aromatic N) is 5. The van der Waals surface area contributed by atoms with Gasteiger partial charge in [0.1, 0.15) is 34.7 Å². The fraction of sp³-hybridized carbons (Fsp3) is 0.902. The highest BCUT2D eigenvalue weighted by Gasteiger charge is 2.38. The number of rotatable bonds is 0. The number of quaternary nitrogens is 1. The molecule has 0 unspecified atom stereocenters. The summed E-state index contributed by atoms with van der Waals surface area (Å²) >= 11 is 2.39. The van der Waals surface area contributed by atoms with E-state index in [1.54, 1.807) is 0 Å². The molecule has 0 aromatic heterocycles. The number of aliphatic hydroxyl groups is 2. The van der Waals surface area contributed by atoms with Crippen molar-refractivity contribution in [3.8, 4) is 0 Å². The van der Waals surface area contributed by atoms with Gasteiger partial charge < -0.3 is 90.3 Å². The maximum absolute atomic E-state index is 10.7. The van der Waals surface area contributed by atoms with Crippen molar-refractivity contribution in [1.29, 1.82) is 0 Å². The average Bonchev–Trinajstić information content (AvgIpc) is 4.18. The van der Waals surface area contributed by atoms with Gasteiger partial charge in [0, 0.05) is 175 Å². The Labute approximate surface area is 508 Å².